The van der Waals surface area contributed by atoms with Crippen molar-refractivity contribution in [1.29, 1.82) is 0 Å². The Kier molecular flexibility index (Phi) is 4.00. The summed E-state index contributed by atoms with van der Waals surface area (Å²) in [5.74, 6) is 1.40. The topological polar surface area (TPSA) is 37.0 Å². The Morgan fingerprint density at radius 3 is 2.67 bits per heavy atom. The quantitative estimate of drug-likeness (QED) is 0.894. The number of pyridine rings is 1. The van der Waals surface area contributed by atoms with Gasteiger partial charge in [0, 0.05) is 23.3 Å². The largest absolute Gasteiger partial charge is 0.382 e. The number of aromatic nitrogens is 1. The van der Waals surface area contributed by atoms with Crippen molar-refractivity contribution in [2.45, 2.75) is 18.9 Å². The minimum atomic E-state index is -0.207. The second-order valence-electron chi connectivity index (χ2n) is 6.01. The molecule has 21 heavy (non-hydrogen) atoms. The second kappa shape index (κ2) is 5.78. The van der Waals surface area contributed by atoms with Gasteiger partial charge in [-0.1, -0.05) is 0 Å². The number of nitrogens with zero attached hydrogens (tertiary/aromatic N) is 1. The Bertz CT molecular complexity index is 636. The number of hydrogen-bond acceptors (Lipinski definition) is 3. The van der Waals surface area contributed by atoms with Crippen LogP contribution in [0.1, 0.15) is 12.8 Å². The number of fused-ring (bicyclic) bond motifs is 2. The molecule has 1 aromatic carbocycles. The fourth-order valence-corrected chi connectivity index (χ4v) is 3.75. The molecule has 0 spiro atoms. The third-order valence-electron chi connectivity index (χ3n) is 4.72. The van der Waals surface area contributed by atoms with Crippen LogP contribution in [0, 0.1) is 17.7 Å². The Balaban J connectivity index is 0.00000132. The molecule has 0 radical (unpaired) electrons. The van der Waals surface area contributed by atoms with E-state index in [0.717, 1.165) is 41.5 Å². The van der Waals surface area contributed by atoms with Crippen LogP contribution in [0.2, 0.25) is 0 Å². The minimum absolute atomic E-state index is 0. The summed E-state index contributed by atoms with van der Waals surface area (Å²) in [7, 11) is 0. The normalized spacial score (nSPS) is 27.4. The molecule has 2 aromatic rings. The lowest BCUT2D eigenvalue weighted by Gasteiger charge is -2.17. The lowest BCUT2D eigenvalue weighted by Crippen LogP contribution is -2.20. The number of halogens is 2. The number of hydrogen-bond donors (Lipinski definition) is 2. The Morgan fingerprint density at radius 1 is 1.14 bits per heavy atom. The van der Waals surface area contributed by atoms with Gasteiger partial charge in [0.15, 0.2) is 0 Å². The molecular formula is C16H19ClFN3. The molecule has 1 saturated carbocycles. The zero-order valence-corrected chi connectivity index (χ0v) is 12.5. The summed E-state index contributed by atoms with van der Waals surface area (Å²) in [5, 5.41) is 7.94. The van der Waals surface area contributed by atoms with E-state index in [2.05, 4.69) is 15.6 Å². The van der Waals surface area contributed by atoms with Gasteiger partial charge in [-0.2, -0.15) is 0 Å². The van der Waals surface area contributed by atoms with Gasteiger partial charge in [-0.05, 0) is 62.0 Å². The molecule has 2 N–H and O–H groups in total. The summed E-state index contributed by atoms with van der Waals surface area (Å²) in [5.41, 5.74) is 1.85. The number of nitrogens with one attached hydrogen (secondary N) is 2. The van der Waals surface area contributed by atoms with Crippen LogP contribution in [-0.2, 0) is 0 Å². The molecule has 2 unspecified atom stereocenters. The van der Waals surface area contributed by atoms with Gasteiger partial charge in [0.25, 0.3) is 0 Å². The van der Waals surface area contributed by atoms with E-state index < -0.39 is 0 Å². The molecule has 2 heterocycles. The number of anilines is 1. The van der Waals surface area contributed by atoms with Gasteiger partial charge < -0.3 is 10.6 Å². The Morgan fingerprint density at radius 2 is 1.90 bits per heavy atom. The van der Waals surface area contributed by atoms with Gasteiger partial charge in [-0.25, -0.2) is 4.39 Å². The van der Waals surface area contributed by atoms with E-state index in [4.69, 9.17) is 0 Å². The molecule has 3 nitrogen and oxygen atoms in total. The molecule has 5 heteroatoms. The zero-order valence-electron chi connectivity index (χ0n) is 11.7. The van der Waals surface area contributed by atoms with Crippen LogP contribution >= 0.6 is 12.4 Å². The first-order valence-corrected chi connectivity index (χ1v) is 7.31. The van der Waals surface area contributed by atoms with Crippen molar-refractivity contribution in [3.05, 3.63) is 36.3 Å². The van der Waals surface area contributed by atoms with Crippen molar-refractivity contribution in [3.8, 4) is 0 Å². The van der Waals surface area contributed by atoms with E-state index in [0.29, 0.717) is 6.04 Å². The summed E-state index contributed by atoms with van der Waals surface area (Å²) in [4.78, 5) is 4.30. The van der Waals surface area contributed by atoms with Gasteiger partial charge in [-0.15, -0.1) is 12.4 Å². The van der Waals surface area contributed by atoms with Crippen molar-refractivity contribution in [1.82, 2.24) is 10.3 Å². The first-order chi connectivity index (χ1) is 9.79. The van der Waals surface area contributed by atoms with Crippen LogP contribution < -0.4 is 10.6 Å². The van der Waals surface area contributed by atoms with Crippen LogP contribution in [0.25, 0.3) is 10.9 Å². The molecule has 2 atom stereocenters. The molecule has 2 fully saturated rings. The molecule has 1 aliphatic heterocycles. The highest BCUT2D eigenvalue weighted by Gasteiger charge is 2.37. The van der Waals surface area contributed by atoms with Gasteiger partial charge in [0.2, 0.25) is 0 Å². The summed E-state index contributed by atoms with van der Waals surface area (Å²) in [6.07, 6.45) is 4.20. The predicted octanol–water partition coefficient (Wildman–Crippen LogP) is 3.21. The third-order valence-corrected chi connectivity index (χ3v) is 4.72. The lowest BCUT2D eigenvalue weighted by molar-refractivity contribution is 0.494. The molecule has 4 rings (SSSR count). The van der Waals surface area contributed by atoms with Gasteiger partial charge in [0.05, 0.1) is 5.52 Å². The van der Waals surface area contributed by atoms with E-state index in [-0.39, 0.29) is 18.2 Å². The van der Waals surface area contributed by atoms with Crippen LogP contribution in [0.4, 0.5) is 10.1 Å². The van der Waals surface area contributed by atoms with Crippen LogP contribution in [0.5, 0.6) is 0 Å². The van der Waals surface area contributed by atoms with E-state index in [9.17, 15) is 4.39 Å². The van der Waals surface area contributed by atoms with Crippen molar-refractivity contribution >= 4 is 29.0 Å². The van der Waals surface area contributed by atoms with Crippen molar-refractivity contribution in [2.75, 3.05) is 18.4 Å². The molecule has 112 valence electrons. The molecule has 1 saturated heterocycles. The summed E-state index contributed by atoms with van der Waals surface area (Å²) in [6, 6.07) is 7.23. The van der Waals surface area contributed by atoms with Crippen LogP contribution in [0.3, 0.4) is 0 Å². The van der Waals surface area contributed by atoms with Gasteiger partial charge >= 0.3 is 0 Å². The van der Waals surface area contributed by atoms with E-state index in [1.54, 1.807) is 18.3 Å². The number of benzene rings is 1. The first kappa shape index (κ1) is 14.5. The lowest BCUT2D eigenvalue weighted by atomic mass is 10.0. The van der Waals surface area contributed by atoms with E-state index in [1.807, 2.05) is 6.07 Å². The predicted molar refractivity (Wildman–Crippen MR) is 85.4 cm³/mol. The monoisotopic (exact) mass is 307 g/mol. The van der Waals surface area contributed by atoms with Crippen LogP contribution in [0.15, 0.2) is 30.5 Å². The van der Waals surface area contributed by atoms with Crippen LogP contribution in [-0.4, -0.2) is 24.1 Å². The maximum atomic E-state index is 13.5. The molecular weight excluding hydrogens is 289 g/mol. The summed E-state index contributed by atoms with van der Waals surface area (Å²) in [6.45, 7) is 2.29. The minimum Gasteiger partial charge on any atom is -0.382 e. The SMILES string of the molecule is Cl.Fc1ccc2nccc(NC3CC4CNCC4C3)c2c1. The van der Waals surface area contributed by atoms with Gasteiger partial charge in [0.1, 0.15) is 5.82 Å². The van der Waals surface area contributed by atoms with E-state index >= 15 is 0 Å². The zero-order chi connectivity index (χ0) is 13.5. The first-order valence-electron chi connectivity index (χ1n) is 7.31. The van der Waals surface area contributed by atoms with Crippen molar-refractivity contribution in [3.63, 3.8) is 0 Å². The third kappa shape index (κ3) is 2.70. The average Bonchev–Trinajstić information content (AvgIpc) is 3.00. The molecule has 1 aliphatic carbocycles. The van der Waals surface area contributed by atoms with Crippen molar-refractivity contribution < 1.29 is 4.39 Å². The smallest absolute Gasteiger partial charge is 0.124 e. The average molecular weight is 308 g/mol. The van der Waals surface area contributed by atoms with Gasteiger partial charge in [-0.3, -0.25) is 4.98 Å². The van der Waals surface area contributed by atoms with Crippen molar-refractivity contribution in [2.24, 2.45) is 11.8 Å². The summed E-state index contributed by atoms with van der Waals surface area (Å²) >= 11 is 0. The fraction of sp³-hybridized carbons (Fsp3) is 0.438. The highest BCUT2D eigenvalue weighted by Crippen LogP contribution is 2.36. The summed E-state index contributed by atoms with van der Waals surface area (Å²) < 4.78 is 13.5. The van der Waals surface area contributed by atoms with E-state index in [1.165, 1.54) is 18.9 Å². The Hall–Kier alpha value is -1.39. The second-order valence-corrected chi connectivity index (χ2v) is 6.01. The standard InChI is InChI=1S/C16H18FN3.ClH/c17-12-1-2-15-14(7-12)16(3-4-19-15)20-13-5-10-8-18-9-11(10)6-13;/h1-4,7,10-11,13,18H,5-6,8-9H2,(H,19,20);1H. The molecule has 1 aromatic heterocycles. The molecule has 0 bridgehead atoms. The molecule has 2 aliphatic rings. The fourth-order valence-electron chi connectivity index (χ4n) is 3.75. The highest BCUT2D eigenvalue weighted by molar-refractivity contribution is 5.91. The maximum Gasteiger partial charge on any atom is 0.124 e. The number of rotatable bonds is 2. The highest BCUT2D eigenvalue weighted by atomic mass is 35.5. The molecule has 0 amide bonds. The Labute approximate surface area is 129 Å². The maximum absolute atomic E-state index is 13.5.